The smallest absolute Gasteiger partial charge is 0.255 e. The molecule has 3 nitrogen and oxygen atoms in total. The van der Waals surface area contributed by atoms with E-state index in [0.717, 1.165) is 12.0 Å². The Bertz CT molecular complexity index is 594. The fourth-order valence-electron chi connectivity index (χ4n) is 1.79. The summed E-state index contributed by atoms with van der Waals surface area (Å²) in [6.07, 6.45) is 0.765. The topological polar surface area (TPSA) is 55.1 Å². The molecule has 2 aromatic rings. The van der Waals surface area contributed by atoms with Gasteiger partial charge in [0.05, 0.1) is 5.69 Å². The highest BCUT2D eigenvalue weighted by Gasteiger charge is 2.11. The van der Waals surface area contributed by atoms with Crippen LogP contribution in [0.2, 0.25) is 0 Å². The third kappa shape index (κ3) is 3.43. The Hall–Kier alpha value is -1.72. The van der Waals surface area contributed by atoms with Crippen molar-refractivity contribution in [3.05, 3.63) is 63.9 Å². The number of rotatable bonds is 4. The van der Waals surface area contributed by atoms with E-state index in [-0.39, 0.29) is 11.6 Å². The molecule has 104 valence electrons. The van der Waals surface area contributed by atoms with E-state index >= 15 is 0 Å². The predicted octanol–water partition coefficient (Wildman–Crippen LogP) is 3.34. The number of amides is 1. The Labute approximate surface area is 125 Å². The molecule has 0 radical (unpaired) electrons. The lowest BCUT2D eigenvalue weighted by Gasteiger charge is -2.09. The monoisotopic (exact) mass is 336 g/mol. The van der Waals surface area contributed by atoms with Gasteiger partial charge in [-0.05, 0) is 58.7 Å². The molecular weight excluding hydrogens is 323 g/mol. The van der Waals surface area contributed by atoms with Crippen LogP contribution in [0.3, 0.4) is 0 Å². The lowest BCUT2D eigenvalue weighted by molar-refractivity contribution is 0.102. The van der Waals surface area contributed by atoms with Gasteiger partial charge in [0, 0.05) is 10.0 Å². The molecule has 1 amide bonds. The number of nitrogens with one attached hydrogen (secondary N) is 1. The molecule has 0 saturated heterocycles. The maximum atomic E-state index is 13.6. The standard InChI is InChI=1S/C15H14BrFN2O/c16-12-2-1-3-13(17)14(12)19-15(20)11-6-4-10(5-7-11)8-9-18/h1-7H,8-9,18H2,(H,19,20). The van der Waals surface area contributed by atoms with Crippen LogP contribution in [-0.2, 0) is 6.42 Å². The van der Waals surface area contributed by atoms with Crippen LogP contribution in [0.15, 0.2) is 46.9 Å². The molecular formula is C15H14BrFN2O. The van der Waals surface area contributed by atoms with E-state index in [0.29, 0.717) is 16.6 Å². The molecule has 0 saturated carbocycles. The molecule has 0 fully saturated rings. The Morgan fingerprint density at radius 2 is 1.90 bits per heavy atom. The third-order valence-corrected chi connectivity index (χ3v) is 3.51. The number of benzene rings is 2. The Morgan fingerprint density at radius 3 is 2.50 bits per heavy atom. The van der Waals surface area contributed by atoms with Gasteiger partial charge in [-0.1, -0.05) is 18.2 Å². The Kier molecular flexibility index (Phi) is 4.87. The number of para-hydroxylation sites is 1. The summed E-state index contributed by atoms with van der Waals surface area (Å²) in [6, 6.07) is 11.6. The quantitative estimate of drug-likeness (QED) is 0.899. The molecule has 0 aliphatic rings. The first kappa shape index (κ1) is 14.7. The molecule has 20 heavy (non-hydrogen) atoms. The van der Waals surface area contributed by atoms with Crippen LogP contribution in [0.25, 0.3) is 0 Å². The highest BCUT2D eigenvalue weighted by molar-refractivity contribution is 9.10. The first-order chi connectivity index (χ1) is 9.61. The summed E-state index contributed by atoms with van der Waals surface area (Å²) in [5, 5.41) is 2.56. The van der Waals surface area contributed by atoms with Gasteiger partial charge in [0.15, 0.2) is 0 Å². The molecule has 2 aromatic carbocycles. The molecule has 0 heterocycles. The summed E-state index contributed by atoms with van der Waals surface area (Å²) in [5.41, 5.74) is 7.15. The summed E-state index contributed by atoms with van der Waals surface area (Å²) in [4.78, 5) is 12.1. The highest BCUT2D eigenvalue weighted by Crippen LogP contribution is 2.25. The van der Waals surface area contributed by atoms with Crippen molar-refractivity contribution in [1.82, 2.24) is 0 Å². The molecule has 0 atom stereocenters. The molecule has 0 spiro atoms. The van der Waals surface area contributed by atoms with Crippen molar-refractivity contribution < 1.29 is 9.18 Å². The van der Waals surface area contributed by atoms with Crippen molar-refractivity contribution >= 4 is 27.5 Å². The van der Waals surface area contributed by atoms with Crippen molar-refractivity contribution in [3.8, 4) is 0 Å². The zero-order valence-electron chi connectivity index (χ0n) is 10.7. The average Bonchev–Trinajstić information content (AvgIpc) is 2.44. The summed E-state index contributed by atoms with van der Waals surface area (Å²) in [7, 11) is 0. The van der Waals surface area contributed by atoms with Gasteiger partial charge in [0.2, 0.25) is 0 Å². The van der Waals surface area contributed by atoms with Gasteiger partial charge in [0.1, 0.15) is 5.82 Å². The van der Waals surface area contributed by atoms with Crippen molar-refractivity contribution in [2.75, 3.05) is 11.9 Å². The lowest BCUT2D eigenvalue weighted by Crippen LogP contribution is -2.13. The van der Waals surface area contributed by atoms with E-state index in [1.807, 2.05) is 12.1 Å². The van der Waals surface area contributed by atoms with E-state index in [4.69, 9.17) is 5.73 Å². The van der Waals surface area contributed by atoms with Gasteiger partial charge in [0.25, 0.3) is 5.91 Å². The molecule has 0 unspecified atom stereocenters. The fraction of sp³-hybridized carbons (Fsp3) is 0.133. The van der Waals surface area contributed by atoms with E-state index in [2.05, 4.69) is 21.2 Å². The molecule has 0 aliphatic carbocycles. The van der Waals surface area contributed by atoms with E-state index < -0.39 is 5.82 Å². The minimum Gasteiger partial charge on any atom is -0.330 e. The van der Waals surface area contributed by atoms with Crippen LogP contribution >= 0.6 is 15.9 Å². The highest BCUT2D eigenvalue weighted by atomic mass is 79.9. The van der Waals surface area contributed by atoms with Crippen LogP contribution < -0.4 is 11.1 Å². The van der Waals surface area contributed by atoms with Crippen LogP contribution in [0.5, 0.6) is 0 Å². The van der Waals surface area contributed by atoms with Gasteiger partial charge < -0.3 is 11.1 Å². The predicted molar refractivity (Wildman–Crippen MR) is 81.3 cm³/mol. The molecule has 2 rings (SSSR count). The number of anilines is 1. The van der Waals surface area contributed by atoms with Crippen molar-refractivity contribution in [2.45, 2.75) is 6.42 Å². The second kappa shape index (κ2) is 6.63. The molecule has 0 aliphatic heterocycles. The first-order valence-electron chi connectivity index (χ1n) is 6.16. The van der Waals surface area contributed by atoms with Crippen molar-refractivity contribution in [2.24, 2.45) is 5.73 Å². The Balaban J connectivity index is 2.16. The minimum absolute atomic E-state index is 0.142. The van der Waals surface area contributed by atoms with Gasteiger partial charge in [-0.3, -0.25) is 4.79 Å². The average molecular weight is 337 g/mol. The first-order valence-corrected chi connectivity index (χ1v) is 6.95. The number of nitrogens with two attached hydrogens (primary N) is 1. The number of hydrogen-bond donors (Lipinski definition) is 2. The molecule has 0 aromatic heterocycles. The fourth-order valence-corrected chi connectivity index (χ4v) is 2.23. The van der Waals surface area contributed by atoms with E-state index in [1.54, 1.807) is 24.3 Å². The zero-order chi connectivity index (χ0) is 14.5. The minimum atomic E-state index is -0.479. The van der Waals surface area contributed by atoms with Crippen LogP contribution in [-0.4, -0.2) is 12.5 Å². The van der Waals surface area contributed by atoms with Gasteiger partial charge >= 0.3 is 0 Å². The van der Waals surface area contributed by atoms with Crippen LogP contribution in [0.1, 0.15) is 15.9 Å². The van der Waals surface area contributed by atoms with Crippen LogP contribution in [0, 0.1) is 5.82 Å². The zero-order valence-corrected chi connectivity index (χ0v) is 12.3. The lowest BCUT2D eigenvalue weighted by atomic mass is 10.1. The maximum absolute atomic E-state index is 13.6. The number of hydrogen-bond acceptors (Lipinski definition) is 2. The largest absolute Gasteiger partial charge is 0.330 e. The summed E-state index contributed by atoms with van der Waals surface area (Å²) < 4.78 is 14.1. The summed E-state index contributed by atoms with van der Waals surface area (Å²) in [5.74, 6) is -0.831. The van der Waals surface area contributed by atoms with Crippen LogP contribution in [0.4, 0.5) is 10.1 Å². The van der Waals surface area contributed by atoms with E-state index in [1.165, 1.54) is 6.07 Å². The SMILES string of the molecule is NCCc1ccc(C(=O)Nc2c(F)cccc2Br)cc1. The normalized spacial score (nSPS) is 10.3. The van der Waals surface area contributed by atoms with Crippen molar-refractivity contribution in [3.63, 3.8) is 0 Å². The second-order valence-corrected chi connectivity index (χ2v) is 5.14. The Morgan fingerprint density at radius 1 is 1.20 bits per heavy atom. The maximum Gasteiger partial charge on any atom is 0.255 e. The summed E-state index contributed by atoms with van der Waals surface area (Å²) in [6.45, 7) is 0.563. The molecule has 0 bridgehead atoms. The summed E-state index contributed by atoms with van der Waals surface area (Å²) >= 11 is 3.21. The van der Waals surface area contributed by atoms with Gasteiger partial charge in [-0.25, -0.2) is 4.39 Å². The molecule has 3 N–H and O–H groups in total. The molecule has 5 heteroatoms. The van der Waals surface area contributed by atoms with Gasteiger partial charge in [-0.15, -0.1) is 0 Å². The van der Waals surface area contributed by atoms with Crippen molar-refractivity contribution in [1.29, 1.82) is 0 Å². The van der Waals surface area contributed by atoms with Gasteiger partial charge in [-0.2, -0.15) is 0 Å². The third-order valence-electron chi connectivity index (χ3n) is 2.85. The number of carbonyl (C=O) groups excluding carboxylic acids is 1. The number of halogens is 2. The number of carbonyl (C=O) groups is 1. The second-order valence-electron chi connectivity index (χ2n) is 4.29. The van der Waals surface area contributed by atoms with E-state index in [9.17, 15) is 9.18 Å².